The molecule has 1 heteroatoms. The molecule has 25 heavy (non-hydrogen) atoms. The molecule has 2 rings (SSSR count). The van der Waals surface area contributed by atoms with Crippen LogP contribution in [0.5, 0.6) is 0 Å². The Bertz CT molecular complexity index is 662. The fraction of sp³-hybridized carbons (Fsp3) is 0.333. The van der Waals surface area contributed by atoms with E-state index in [1.807, 2.05) is 6.92 Å². The highest BCUT2D eigenvalue weighted by atomic mass is 14.0. The zero-order chi connectivity index (χ0) is 17.9. The first-order chi connectivity index (χ1) is 12.2. The van der Waals surface area contributed by atoms with Gasteiger partial charge in [0.05, 0.1) is 0 Å². The third kappa shape index (κ3) is 6.78. The third-order valence-corrected chi connectivity index (χ3v) is 4.70. The van der Waals surface area contributed by atoms with Crippen LogP contribution < -0.4 is 5.46 Å². The van der Waals surface area contributed by atoms with E-state index in [9.17, 15) is 0 Å². The molecule has 0 fully saturated rings. The number of unbranched alkanes of at least 4 members (excludes halogenated alkanes) is 3. The number of aryl methyl sites for hydroxylation is 1. The molecular weight excluding hydrogens is 299 g/mol. The van der Waals surface area contributed by atoms with Gasteiger partial charge in [-0.1, -0.05) is 105 Å². The van der Waals surface area contributed by atoms with Crippen molar-refractivity contribution in [2.75, 3.05) is 0 Å². The van der Waals surface area contributed by atoms with Crippen LogP contribution in [-0.4, -0.2) is 6.71 Å². The van der Waals surface area contributed by atoms with Crippen LogP contribution in [0.1, 0.15) is 56.2 Å². The van der Waals surface area contributed by atoms with Gasteiger partial charge in [0.15, 0.2) is 6.71 Å². The van der Waals surface area contributed by atoms with Gasteiger partial charge in [0, 0.05) is 0 Å². The van der Waals surface area contributed by atoms with E-state index in [-0.39, 0.29) is 0 Å². The van der Waals surface area contributed by atoms with Crippen molar-refractivity contribution in [3.63, 3.8) is 0 Å². The second-order valence-electron chi connectivity index (χ2n) is 6.87. The second kappa shape index (κ2) is 10.8. The smallest absolute Gasteiger partial charge is 0.110 e. The predicted molar refractivity (Wildman–Crippen MR) is 116 cm³/mol. The van der Waals surface area contributed by atoms with Gasteiger partial charge in [-0.3, -0.25) is 0 Å². The number of hydrogen-bond acceptors (Lipinski definition) is 0. The normalized spacial score (nSPS) is 11.5. The minimum absolute atomic E-state index is 0.435. The summed E-state index contributed by atoms with van der Waals surface area (Å²) in [6.07, 6.45) is 13.0. The minimum Gasteiger partial charge on any atom is -0.110 e. The quantitative estimate of drug-likeness (QED) is 0.367. The summed E-state index contributed by atoms with van der Waals surface area (Å²) in [6.45, 7) is 7.01. The van der Waals surface area contributed by atoms with Crippen molar-refractivity contribution in [3.8, 4) is 0 Å². The van der Waals surface area contributed by atoms with Crippen molar-refractivity contribution in [2.45, 2.75) is 52.8 Å². The maximum Gasteiger partial charge on any atom is 0.197 e. The first-order valence-corrected chi connectivity index (χ1v) is 9.72. The van der Waals surface area contributed by atoms with Crippen molar-refractivity contribution in [2.24, 2.45) is 0 Å². The number of benzene rings is 2. The van der Waals surface area contributed by atoms with Gasteiger partial charge >= 0.3 is 0 Å². The van der Waals surface area contributed by atoms with Gasteiger partial charge < -0.3 is 0 Å². The fourth-order valence-corrected chi connectivity index (χ4v) is 3.02. The summed E-state index contributed by atoms with van der Waals surface area (Å²) in [5, 5.41) is 0. The molecule has 2 aromatic rings. The molecule has 0 N–H and O–H groups in total. The number of allylic oxidation sites excluding steroid dienone is 1. The lowest BCUT2D eigenvalue weighted by Gasteiger charge is -2.06. The Kier molecular flexibility index (Phi) is 8.32. The van der Waals surface area contributed by atoms with Gasteiger partial charge in [-0.25, -0.2) is 0 Å². The molecule has 0 spiro atoms. The van der Waals surface area contributed by atoms with E-state index >= 15 is 0 Å². The Morgan fingerprint density at radius 2 is 1.44 bits per heavy atom. The van der Waals surface area contributed by atoms with Crippen LogP contribution in [0.3, 0.4) is 0 Å². The molecule has 130 valence electrons. The highest BCUT2D eigenvalue weighted by Gasteiger charge is 2.05. The summed E-state index contributed by atoms with van der Waals surface area (Å²) < 4.78 is 0. The maximum atomic E-state index is 2.30. The van der Waals surface area contributed by atoms with Crippen molar-refractivity contribution in [1.29, 1.82) is 0 Å². The first kappa shape index (κ1) is 19.3. The minimum atomic E-state index is 0.435. The van der Waals surface area contributed by atoms with Crippen LogP contribution in [0.2, 0.25) is 6.82 Å². The highest BCUT2D eigenvalue weighted by Crippen LogP contribution is 2.09. The van der Waals surface area contributed by atoms with Gasteiger partial charge in [0.2, 0.25) is 0 Å². The molecule has 0 saturated heterocycles. The lowest BCUT2D eigenvalue weighted by atomic mass is 9.47. The number of hydrogen-bond donors (Lipinski definition) is 0. The van der Waals surface area contributed by atoms with Crippen LogP contribution in [0.15, 0.2) is 60.6 Å². The zero-order valence-corrected chi connectivity index (χ0v) is 16.0. The number of rotatable bonds is 9. The lowest BCUT2D eigenvalue weighted by molar-refractivity contribution is 0.667. The van der Waals surface area contributed by atoms with E-state index in [1.165, 1.54) is 54.3 Å². The van der Waals surface area contributed by atoms with Crippen molar-refractivity contribution in [1.82, 2.24) is 0 Å². The third-order valence-electron chi connectivity index (χ3n) is 4.70. The topological polar surface area (TPSA) is 0 Å². The molecule has 0 nitrogen and oxygen atoms in total. The van der Waals surface area contributed by atoms with Gasteiger partial charge in [0.1, 0.15) is 0 Å². The van der Waals surface area contributed by atoms with E-state index in [4.69, 9.17) is 0 Å². The molecule has 0 aliphatic heterocycles. The average Bonchev–Trinajstić information content (AvgIpc) is 2.65. The molecule has 0 aromatic heterocycles. The molecule has 0 bridgehead atoms. The fourth-order valence-electron chi connectivity index (χ4n) is 3.02. The summed E-state index contributed by atoms with van der Waals surface area (Å²) in [5.41, 5.74) is 5.37. The average molecular weight is 330 g/mol. The Labute approximate surface area is 154 Å². The SMILES string of the molecule is C/C=C/c1ccc(/C=C/B(C)c2ccc(CCCCCC)cc2)cc1. The van der Waals surface area contributed by atoms with Crippen LogP contribution in [0.4, 0.5) is 0 Å². The molecule has 0 amide bonds. The van der Waals surface area contributed by atoms with E-state index < -0.39 is 0 Å². The summed E-state index contributed by atoms with van der Waals surface area (Å²) in [6, 6.07) is 17.9. The van der Waals surface area contributed by atoms with Crippen molar-refractivity contribution in [3.05, 3.63) is 77.3 Å². The van der Waals surface area contributed by atoms with E-state index in [0.29, 0.717) is 6.71 Å². The Morgan fingerprint density at radius 3 is 2.04 bits per heavy atom. The Balaban J connectivity index is 1.90. The summed E-state index contributed by atoms with van der Waals surface area (Å²) in [7, 11) is 0. The maximum absolute atomic E-state index is 2.30. The zero-order valence-electron chi connectivity index (χ0n) is 16.0. The molecule has 0 atom stereocenters. The molecule has 0 aliphatic carbocycles. The van der Waals surface area contributed by atoms with Crippen LogP contribution in [0.25, 0.3) is 12.2 Å². The van der Waals surface area contributed by atoms with Gasteiger partial charge in [-0.05, 0) is 36.5 Å². The van der Waals surface area contributed by atoms with Gasteiger partial charge in [-0.15, -0.1) is 5.98 Å². The van der Waals surface area contributed by atoms with Crippen LogP contribution in [0, 0.1) is 0 Å². The predicted octanol–water partition coefficient (Wildman–Crippen LogP) is 6.43. The highest BCUT2D eigenvalue weighted by molar-refractivity contribution is 6.77. The largest absolute Gasteiger partial charge is 0.197 e. The molecule has 0 radical (unpaired) electrons. The van der Waals surface area contributed by atoms with Gasteiger partial charge in [0.25, 0.3) is 0 Å². The van der Waals surface area contributed by atoms with E-state index in [2.05, 4.69) is 86.5 Å². The van der Waals surface area contributed by atoms with Crippen LogP contribution >= 0.6 is 0 Å². The van der Waals surface area contributed by atoms with Crippen LogP contribution in [-0.2, 0) is 6.42 Å². The van der Waals surface area contributed by atoms with E-state index in [1.54, 1.807) is 0 Å². The molecule has 0 unspecified atom stereocenters. The molecule has 2 aromatic carbocycles. The van der Waals surface area contributed by atoms with Crippen molar-refractivity contribution < 1.29 is 0 Å². The summed E-state index contributed by atoms with van der Waals surface area (Å²) in [5.74, 6) is 2.29. The van der Waals surface area contributed by atoms with Crippen molar-refractivity contribution >= 4 is 24.3 Å². The molecule has 0 heterocycles. The summed E-state index contributed by atoms with van der Waals surface area (Å²) in [4.78, 5) is 0. The monoisotopic (exact) mass is 330 g/mol. The summed E-state index contributed by atoms with van der Waals surface area (Å²) >= 11 is 0. The van der Waals surface area contributed by atoms with E-state index in [0.717, 1.165) is 0 Å². The Morgan fingerprint density at radius 1 is 0.800 bits per heavy atom. The standard InChI is InChI=1S/C24H31B/c1-4-6-7-8-10-22-15-17-24(18-16-22)25(3)20-19-23-13-11-21(9-5-2)12-14-23/h5,9,11-20H,4,6-8,10H2,1-3H3/b9-5+,20-19+. The second-order valence-corrected chi connectivity index (χ2v) is 6.87. The Hall–Kier alpha value is -2.02. The molecular formula is C24H31B. The molecule has 0 aliphatic rings. The molecule has 0 saturated carbocycles. The van der Waals surface area contributed by atoms with Gasteiger partial charge in [-0.2, -0.15) is 0 Å². The lowest BCUT2D eigenvalue weighted by Crippen LogP contribution is -2.24. The first-order valence-electron chi connectivity index (χ1n) is 9.72.